The van der Waals surface area contributed by atoms with Crippen molar-refractivity contribution in [2.24, 2.45) is 0 Å². The van der Waals surface area contributed by atoms with Gasteiger partial charge in [0.25, 0.3) is 12.3 Å². The maximum absolute atomic E-state index is 12.3. The summed E-state index contributed by atoms with van der Waals surface area (Å²) in [5, 5.41) is 17.6. The van der Waals surface area contributed by atoms with Gasteiger partial charge in [0.1, 0.15) is 5.69 Å². The smallest absolute Gasteiger partial charge is 0.338 e. The number of aliphatic hydroxyl groups is 1. The van der Waals surface area contributed by atoms with Crippen molar-refractivity contribution >= 4 is 11.9 Å². The Kier molecular flexibility index (Phi) is 5.31. The molecular weight excluding hydrogens is 262 g/mol. The number of pyridine rings is 1. The minimum atomic E-state index is -2.78. The van der Waals surface area contributed by atoms with E-state index < -0.39 is 37.1 Å². The topological polar surface area (TPSA) is 90.7 Å². The van der Waals surface area contributed by atoms with E-state index in [4.69, 9.17) is 10.2 Å². The number of hydrogen-bond donors (Lipinski definition) is 2. The highest BCUT2D eigenvalue weighted by Crippen LogP contribution is 2.10. The minimum Gasteiger partial charge on any atom is -0.478 e. The average molecular weight is 274 g/mol. The van der Waals surface area contributed by atoms with E-state index in [-0.39, 0.29) is 12.1 Å². The van der Waals surface area contributed by atoms with Crippen LogP contribution in [-0.2, 0) is 0 Å². The minimum absolute atomic E-state index is 0.321. The van der Waals surface area contributed by atoms with Gasteiger partial charge in [-0.2, -0.15) is 0 Å². The Labute approximate surface area is 107 Å². The third-order valence-electron chi connectivity index (χ3n) is 2.26. The molecule has 104 valence electrons. The predicted octanol–water partition coefficient (Wildman–Crippen LogP) is 0.479. The highest BCUT2D eigenvalue weighted by molar-refractivity contribution is 6.03. The lowest BCUT2D eigenvalue weighted by Crippen LogP contribution is -2.38. The van der Waals surface area contributed by atoms with Crippen molar-refractivity contribution in [2.75, 3.05) is 19.7 Å². The van der Waals surface area contributed by atoms with Gasteiger partial charge in [0, 0.05) is 12.7 Å². The maximum Gasteiger partial charge on any atom is 0.338 e. The number of rotatable bonds is 6. The van der Waals surface area contributed by atoms with E-state index in [0.29, 0.717) is 4.90 Å². The second kappa shape index (κ2) is 6.74. The van der Waals surface area contributed by atoms with Gasteiger partial charge in [-0.3, -0.25) is 9.78 Å². The Balaban J connectivity index is 3.05. The Morgan fingerprint density at radius 3 is 2.63 bits per heavy atom. The van der Waals surface area contributed by atoms with Gasteiger partial charge in [-0.15, -0.1) is 0 Å². The van der Waals surface area contributed by atoms with Crippen LogP contribution < -0.4 is 0 Å². The number of hydrogen-bond acceptors (Lipinski definition) is 4. The van der Waals surface area contributed by atoms with Crippen LogP contribution in [0.2, 0.25) is 0 Å². The zero-order valence-corrected chi connectivity index (χ0v) is 9.79. The predicted molar refractivity (Wildman–Crippen MR) is 60.2 cm³/mol. The molecule has 6 nitrogen and oxygen atoms in total. The molecule has 0 radical (unpaired) electrons. The van der Waals surface area contributed by atoms with Crippen LogP contribution in [0.4, 0.5) is 8.78 Å². The molecule has 0 aliphatic heterocycles. The third kappa shape index (κ3) is 3.95. The van der Waals surface area contributed by atoms with E-state index in [2.05, 4.69) is 4.98 Å². The van der Waals surface area contributed by atoms with Gasteiger partial charge in [-0.05, 0) is 12.1 Å². The molecule has 1 aromatic heterocycles. The van der Waals surface area contributed by atoms with Crippen LogP contribution >= 0.6 is 0 Å². The van der Waals surface area contributed by atoms with Crippen molar-refractivity contribution in [3.05, 3.63) is 29.6 Å². The second-order valence-corrected chi connectivity index (χ2v) is 3.57. The quantitative estimate of drug-likeness (QED) is 0.787. The molecule has 0 fully saturated rings. The number of carbonyl (C=O) groups is 2. The first kappa shape index (κ1) is 15.0. The number of amides is 1. The lowest BCUT2D eigenvalue weighted by atomic mass is 10.1. The van der Waals surface area contributed by atoms with Gasteiger partial charge >= 0.3 is 5.97 Å². The van der Waals surface area contributed by atoms with Crippen LogP contribution in [0.3, 0.4) is 0 Å². The van der Waals surface area contributed by atoms with Gasteiger partial charge in [0.2, 0.25) is 0 Å². The summed E-state index contributed by atoms with van der Waals surface area (Å²) < 4.78 is 24.7. The molecule has 0 spiro atoms. The summed E-state index contributed by atoms with van der Waals surface area (Å²) in [5.41, 5.74) is -0.797. The number of alkyl halides is 2. The summed E-state index contributed by atoms with van der Waals surface area (Å²) in [6.45, 7) is -1.72. The van der Waals surface area contributed by atoms with Gasteiger partial charge in [-0.1, -0.05) is 0 Å². The summed E-state index contributed by atoms with van der Waals surface area (Å²) in [4.78, 5) is 27.1. The van der Waals surface area contributed by atoms with Crippen LogP contribution in [0.15, 0.2) is 18.3 Å². The lowest BCUT2D eigenvalue weighted by molar-refractivity contribution is 0.0498. The van der Waals surface area contributed by atoms with Crippen molar-refractivity contribution < 1.29 is 28.6 Å². The van der Waals surface area contributed by atoms with Crippen molar-refractivity contribution in [1.29, 1.82) is 0 Å². The van der Waals surface area contributed by atoms with Crippen molar-refractivity contribution in [3.8, 4) is 0 Å². The summed E-state index contributed by atoms with van der Waals surface area (Å²) in [7, 11) is 0. The zero-order chi connectivity index (χ0) is 14.4. The van der Waals surface area contributed by atoms with Crippen molar-refractivity contribution in [3.63, 3.8) is 0 Å². The maximum atomic E-state index is 12.3. The third-order valence-corrected chi connectivity index (χ3v) is 2.26. The standard InChI is InChI=1S/C11H12F2N2O4/c12-8(13)6-15(4-5-16)10(17)9-7(11(18)19)2-1-3-14-9/h1-3,8,16H,4-6H2,(H,18,19). The number of carboxylic acids is 1. The van der Waals surface area contributed by atoms with Crippen LogP contribution in [0.1, 0.15) is 20.8 Å². The number of carboxylic acid groups (broad SMARTS) is 1. The van der Waals surface area contributed by atoms with Gasteiger partial charge < -0.3 is 15.1 Å². The fraction of sp³-hybridized carbons (Fsp3) is 0.364. The van der Waals surface area contributed by atoms with Crippen molar-refractivity contribution in [1.82, 2.24) is 9.88 Å². The fourth-order valence-corrected chi connectivity index (χ4v) is 1.46. The number of aromatic nitrogens is 1. The molecule has 1 amide bonds. The van der Waals surface area contributed by atoms with E-state index in [1.165, 1.54) is 12.3 Å². The zero-order valence-electron chi connectivity index (χ0n) is 9.79. The highest BCUT2D eigenvalue weighted by Gasteiger charge is 2.24. The monoisotopic (exact) mass is 274 g/mol. The molecule has 8 heteroatoms. The average Bonchev–Trinajstić information content (AvgIpc) is 2.37. The van der Waals surface area contributed by atoms with E-state index >= 15 is 0 Å². The molecule has 19 heavy (non-hydrogen) atoms. The lowest BCUT2D eigenvalue weighted by Gasteiger charge is -2.21. The molecule has 0 aromatic carbocycles. The molecule has 0 bridgehead atoms. The molecule has 1 heterocycles. The number of aliphatic hydroxyl groups excluding tert-OH is 1. The first-order chi connectivity index (χ1) is 8.97. The molecule has 1 aromatic rings. The normalized spacial score (nSPS) is 10.5. The number of carbonyl (C=O) groups excluding carboxylic acids is 1. The Morgan fingerprint density at radius 2 is 2.11 bits per heavy atom. The molecule has 0 unspecified atom stereocenters. The van der Waals surface area contributed by atoms with E-state index in [1.807, 2.05) is 0 Å². The van der Waals surface area contributed by atoms with Crippen LogP contribution in [0, 0.1) is 0 Å². The summed E-state index contributed by atoms with van der Waals surface area (Å²) >= 11 is 0. The van der Waals surface area contributed by atoms with Gasteiger partial charge in [0.05, 0.1) is 18.7 Å². The number of nitrogens with zero attached hydrogens (tertiary/aromatic N) is 2. The highest BCUT2D eigenvalue weighted by atomic mass is 19.3. The van der Waals surface area contributed by atoms with Crippen LogP contribution in [0.25, 0.3) is 0 Å². The number of aromatic carboxylic acids is 1. The van der Waals surface area contributed by atoms with Crippen molar-refractivity contribution in [2.45, 2.75) is 6.43 Å². The molecular formula is C11H12F2N2O4. The molecule has 2 N–H and O–H groups in total. The van der Waals surface area contributed by atoms with Gasteiger partial charge in [0.15, 0.2) is 0 Å². The molecule has 0 aliphatic rings. The summed E-state index contributed by atoms with van der Waals surface area (Å²) in [6.07, 6.45) is -1.59. The molecule has 1 rings (SSSR count). The Morgan fingerprint density at radius 1 is 1.42 bits per heavy atom. The molecule has 0 saturated carbocycles. The molecule has 0 atom stereocenters. The van der Waals surface area contributed by atoms with Gasteiger partial charge in [-0.25, -0.2) is 13.6 Å². The van der Waals surface area contributed by atoms with Crippen LogP contribution in [0.5, 0.6) is 0 Å². The largest absolute Gasteiger partial charge is 0.478 e. The van der Waals surface area contributed by atoms with E-state index in [9.17, 15) is 18.4 Å². The van der Waals surface area contributed by atoms with E-state index in [0.717, 1.165) is 6.07 Å². The SMILES string of the molecule is O=C(O)c1cccnc1C(=O)N(CCO)CC(F)F. The Bertz CT molecular complexity index is 468. The Hall–Kier alpha value is -2.09. The summed E-state index contributed by atoms with van der Waals surface area (Å²) in [5.74, 6) is -2.33. The van der Waals surface area contributed by atoms with Crippen LogP contribution in [-0.4, -0.2) is 58.1 Å². The summed E-state index contributed by atoms with van der Waals surface area (Å²) in [6, 6.07) is 2.48. The fourth-order valence-electron chi connectivity index (χ4n) is 1.46. The second-order valence-electron chi connectivity index (χ2n) is 3.57. The molecule has 0 aliphatic carbocycles. The first-order valence-corrected chi connectivity index (χ1v) is 5.34. The first-order valence-electron chi connectivity index (χ1n) is 5.34. The molecule has 0 saturated heterocycles. The number of halogens is 2. The van der Waals surface area contributed by atoms with E-state index in [1.54, 1.807) is 0 Å².